The Morgan fingerprint density at radius 1 is 0.806 bits per heavy atom. The van der Waals surface area contributed by atoms with Gasteiger partial charge in [-0.25, -0.2) is 35.1 Å². The van der Waals surface area contributed by atoms with Gasteiger partial charge in [-0.1, -0.05) is 30.4 Å². The van der Waals surface area contributed by atoms with Crippen LogP contribution in [0.3, 0.4) is 0 Å². The van der Waals surface area contributed by atoms with E-state index in [0.29, 0.717) is 0 Å². The molecule has 0 radical (unpaired) electrons. The number of rotatable bonds is 2. The molecule has 0 fully saturated rings. The van der Waals surface area contributed by atoms with E-state index in [-0.39, 0.29) is 11.4 Å². The maximum atomic E-state index is 15.6. The monoisotopic (exact) mass is 508 g/mol. The van der Waals surface area contributed by atoms with Crippen molar-refractivity contribution in [2.24, 2.45) is 0 Å². The second-order valence-corrected chi connectivity index (χ2v) is 8.03. The van der Waals surface area contributed by atoms with E-state index in [9.17, 15) is 17.6 Å². The molecule has 0 amide bonds. The van der Waals surface area contributed by atoms with Crippen LogP contribution in [0.5, 0.6) is 5.75 Å². The van der Waals surface area contributed by atoms with Gasteiger partial charge in [-0.2, -0.15) is 5.26 Å². The number of nitrogens with zero attached hydrogens (tertiary/aromatic N) is 2. The van der Waals surface area contributed by atoms with E-state index in [1.54, 1.807) is 18.2 Å². The van der Waals surface area contributed by atoms with Gasteiger partial charge in [0.2, 0.25) is 0 Å². The zero-order valence-electron chi connectivity index (χ0n) is 17.8. The highest BCUT2D eigenvalue weighted by Crippen LogP contribution is 2.49. The number of hydrogen-bond donors (Lipinski definition) is 0. The average Bonchev–Trinajstić information content (AvgIpc) is 2.88. The SMILES string of the molecule is N#Cc1c(F)c(F)c(C2=C(F)C(F)=C(N3c4ccccc4OC4C=CC=CC43)C(F)C2F)c(F)c1F. The minimum Gasteiger partial charge on any atom is -0.482 e. The van der Waals surface area contributed by atoms with Gasteiger partial charge in [-0.05, 0) is 18.2 Å². The number of anilines is 1. The number of para-hydroxylation sites is 2. The molecular formula is C25H12F8N2O. The van der Waals surface area contributed by atoms with Crippen molar-refractivity contribution in [3.63, 3.8) is 0 Å². The summed E-state index contributed by atoms with van der Waals surface area (Å²) in [7, 11) is 0. The Morgan fingerprint density at radius 2 is 1.44 bits per heavy atom. The lowest BCUT2D eigenvalue weighted by Gasteiger charge is -2.44. The third kappa shape index (κ3) is 3.24. The predicted molar refractivity (Wildman–Crippen MR) is 112 cm³/mol. The van der Waals surface area contributed by atoms with Crippen LogP contribution in [0, 0.1) is 34.6 Å². The fourth-order valence-corrected chi connectivity index (χ4v) is 4.48. The zero-order chi connectivity index (χ0) is 25.9. The van der Waals surface area contributed by atoms with Gasteiger partial charge in [0.15, 0.2) is 47.3 Å². The molecule has 3 nitrogen and oxygen atoms in total. The third-order valence-corrected chi connectivity index (χ3v) is 6.09. The molecule has 0 N–H and O–H groups in total. The lowest BCUT2D eigenvalue weighted by molar-refractivity contribution is 0.194. The topological polar surface area (TPSA) is 36.3 Å². The van der Waals surface area contributed by atoms with E-state index in [0.717, 1.165) is 11.0 Å². The lowest BCUT2D eigenvalue weighted by atomic mass is 9.88. The van der Waals surface area contributed by atoms with Gasteiger partial charge < -0.3 is 9.64 Å². The Morgan fingerprint density at radius 3 is 2.11 bits per heavy atom. The Balaban J connectivity index is 1.76. The molecule has 2 aromatic carbocycles. The summed E-state index contributed by atoms with van der Waals surface area (Å²) in [6.45, 7) is 0. The average molecular weight is 508 g/mol. The fourth-order valence-electron chi connectivity index (χ4n) is 4.48. The molecule has 5 rings (SSSR count). The van der Waals surface area contributed by atoms with Gasteiger partial charge in [-0.15, -0.1) is 0 Å². The Kier molecular flexibility index (Phi) is 5.62. The second-order valence-electron chi connectivity index (χ2n) is 8.03. The highest BCUT2D eigenvalue weighted by atomic mass is 19.2. The summed E-state index contributed by atoms with van der Waals surface area (Å²) < 4.78 is 125. The number of hydrogen-bond acceptors (Lipinski definition) is 3. The van der Waals surface area contributed by atoms with Crippen LogP contribution in [0.4, 0.5) is 40.8 Å². The van der Waals surface area contributed by atoms with Crippen molar-refractivity contribution in [1.29, 1.82) is 5.26 Å². The van der Waals surface area contributed by atoms with Crippen LogP contribution >= 0.6 is 0 Å². The van der Waals surface area contributed by atoms with Gasteiger partial charge in [0.1, 0.15) is 23.5 Å². The fraction of sp³-hybridized carbons (Fsp3) is 0.160. The maximum Gasteiger partial charge on any atom is 0.181 e. The molecule has 3 aliphatic rings. The van der Waals surface area contributed by atoms with Crippen molar-refractivity contribution in [2.75, 3.05) is 4.90 Å². The van der Waals surface area contributed by atoms with Crippen LogP contribution in [-0.4, -0.2) is 24.5 Å². The van der Waals surface area contributed by atoms with Crippen LogP contribution < -0.4 is 9.64 Å². The van der Waals surface area contributed by atoms with Crippen LogP contribution in [0.2, 0.25) is 0 Å². The van der Waals surface area contributed by atoms with Gasteiger partial charge in [0, 0.05) is 5.57 Å². The van der Waals surface area contributed by atoms with E-state index in [1.807, 2.05) is 0 Å². The van der Waals surface area contributed by atoms with Crippen LogP contribution in [0.15, 0.2) is 65.9 Å². The molecule has 4 unspecified atom stereocenters. The van der Waals surface area contributed by atoms with Crippen molar-refractivity contribution in [2.45, 2.75) is 24.5 Å². The zero-order valence-corrected chi connectivity index (χ0v) is 17.8. The molecule has 0 spiro atoms. The summed E-state index contributed by atoms with van der Waals surface area (Å²) >= 11 is 0. The van der Waals surface area contributed by atoms with Crippen molar-refractivity contribution in [3.05, 3.63) is 100 Å². The summed E-state index contributed by atoms with van der Waals surface area (Å²) in [6, 6.07) is 5.84. The first kappa shape index (κ1) is 23.7. The van der Waals surface area contributed by atoms with E-state index in [1.165, 1.54) is 30.4 Å². The quantitative estimate of drug-likeness (QED) is 0.347. The Labute approximate surface area is 198 Å². The molecule has 184 valence electrons. The van der Waals surface area contributed by atoms with Gasteiger partial charge in [-0.3, -0.25) is 0 Å². The van der Waals surface area contributed by atoms with Crippen molar-refractivity contribution in [3.8, 4) is 11.8 Å². The van der Waals surface area contributed by atoms with E-state index in [2.05, 4.69) is 0 Å². The van der Waals surface area contributed by atoms with Crippen molar-refractivity contribution >= 4 is 11.3 Å². The van der Waals surface area contributed by atoms with Gasteiger partial charge in [0.25, 0.3) is 0 Å². The van der Waals surface area contributed by atoms with Crippen LogP contribution in [-0.2, 0) is 0 Å². The van der Waals surface area contributed by atoms with E-state index < -0.39 is 81.8 Å². The number of benzene rings is 2. The number of halogens is 8. The number of nitriles is 1. The summed E-state index contributed by atoms with van der Waals surface area (Å²) in [4.78, 5) is 0.971. The van der Waals surface area contributed by atoms with Crippen molar-refractivity contribution < 1.29 is 39.9 Å². The normalized spacial score (nSPS) is 24.9. The first-order valence-electron chi connectivity index (χ1n) is 10.4. The Bertz CT molecular complexity index is 1430. The minimum absolute atomic E-state index is 0.0581. The molecule has 36 heavy (non-hydrogen) atoms. The molecule has 1 aliphatic heterocycles. The summed E-state index contributed by atoms with van der Waals surface area (Å²) in [5.41, 5.74) is -6.64. The molecule has 4 atom stereocenters. The summed E-state index contributed by atoms with van der Waals surface area (Å²) in [5.74, 6) is -13.4. The van der Waals surface area contributed by atoms with Gasteiger partial charge in [0.05, 0.1) is 23.0 Å². The first-order chi connectivity index (χ1) is 17.2. The highest BCUT2D eigenvalue weighted by Gasteiger charge is 2.48. The van der Waals surface area contributed by atoms with Gasteiger partial charge >= 0.3 is 0 Å². The minimum atomic E-state index is -3.27. The molecule has 11 heteroatoms. The molecule has 0 saturated heterocycles. The largest absolute Gasteiger partial charge is 0.482 e. The molecule has 2 aliphatic carbocycles. The third-order valence-electron chi connectivity index (χ3n) is 6.09. The molecule has 2 aromatic rings. The molecular weight excluding hydrogens is 496 g/mol. The maximum absolute atomic E-state index is 15.6. The summed E-state index contributed by atoms with van der Waals surface area (Å²) in [5, 5.41) is 8.71. The van der Waals surface area contributed by atoms with E-state index in [4.69, 9.17) is 10.00 Å². The summed E-state index contributed by atoms with van der Waals surface area (Å²) in [6.07, 6.45) is -0.972. The number of allylic oxidation sites excluding steroid dienone is 6. The lowest BCUT2D eigenvalue weighted by Crippen LogP contribution is -2.51. The highest BCUT2D eigenvalue weighted by molar-refractivity contribution is 5.80. The van der Waals surface area contributed by atoms with Crippen LogP contribution in [0.1, 0.15) is 11.1 Å². The van der Waals surface area contributed by atoms with Crippen molar-refractivity contribution in [1.82, 2.24) is 0 Å². The van der Waals surface area contributed by atoms with E-state index >= 15 is 17.6 Å². The predicted octanol–water partition coefficient (Wildman–Crippen LogP) is 6.43. The standard InChI is InChI=1S/C25H12F8N2O/c26-17-10(9-34)18(27)20(29)15(19(17)28)16-21(30)23(32)25(24(33)22(16)31)35-11-5-1-3-7-13(11)36-14-8-4-2-6-12(14)35/h1-8,11,13,21,23H. The molecule has 1 heterocycles. The number of fused-ring (bicyclic) bond motifs is 2. The first-order valence-corrected chi connectivity index (χ1v) is 10.4. The smallest absolute Gasteiger partial charge is 0.181 e. The molecule has 0 bridgehead atoms. The number of ether oxygens (including phenoxy) is 1. The van der Waals surface area contributed by atoms with Crippen LogP contribution in [0.25, 0.3) is 5.57 Å². The Hall–Kier alpha value is -4.07. The number of alkyl halides is 2. The molecule has 0 aromatic heterocycles. The second kappa shape index (κ2) is 8.55. The molecule has 0 saturated carbocycles.